The molecule has 1 aliphatic rings. The van der Waals surface area contributed by atoms with Gasteiger partial charge in [0.2, 0.25) is 0 Å². The molecule has 88 valence electrons. The lowest BCUT2D eigenvalue weighted by molar-refractivity contribution is 0.169. The molecule has 2 rings (SSSR count). The molecule has 0 radical (unpaired) electrons. The summed E-state index contributed by atoms with van der Waals surface area (Å²) in [6.07, 6.45) is 1.52. The normalized spacial score (nSPS) is 17.4. The van der Waals surface area contributed by atoms with Crippen LogP contribution >= 0.6 is 0 Å². The summed E-state index contributed by atoms with van der Waals surface area (Å²) in [6.45, 7) is 0.387. The molecule has 1 aromatic carbocycles. The van der Waals surface area contributed by atoms with Crippen LogP contribution in [0.25, 0.3) is 0 Å². The number of aliphatic hydroxyl groups is 1. The highest BCUT2D eigenvalue weighted by atomic mass is 19.1. The van der Waals surface area contributed by atoms with Crippen LogP contribution in [0.4, 0.5) is 8.78 Å². The molecule has 0 spiro atoms. The highest BCUT2D eigenvalue weighted by Crippen LogP contribution is 2.19. The first-order valence-electron chi connectivity index (χ1n) is 5.51. The quantitative estimate of drug-likeness (QED) is 0.801. The smallest absolute Gasteiger partial charge is 0.129 e. The van der Waals surface area contributed by atoms with Crippen molar-refractivity contribution in [2.75, 3.05) is 6.54 Å². The van der Waals surface area contributed by atoms with Gasteiger partial charge in [0.25, 0.3) is 0 Å². The molecule has 0 heterocycles. The molecule has 0 aliphatic heterocycles. The third-order valence-electron chi connectivity index (χ3n) is 2.72. The summed E-state index contributed by atoms with van der Waals surface area (Å²) in [5.74, 6) is -1.18. The molecule has 0 bridgehead atoms. The minimum absolute atomic E-state index is 0.0121. The van der Waals surface area contributed by atoms with Gasteiger partial charge in [0, 0.05) is 24.6 Å². The third kappa shape index (κ3) is 3.00. The predicted molar refractivity (Wildman–Crippen MR) is 57.1 cm³/mol. The lowest BCUT2D eigenvalue weighted by Crippen LogP contribution is -2.30. The molecule has 0 saturated heterocycles. The summed E-state index contributed by atoms with van der Waals surface area (Å²) in [7, 11) is 0. The van der Waals surface area contributed by atoms with Gasteiger partial charge in [-0.2, -0.15) is 0 Å². The maximum atomic E-state index is 13.3. The zero-order valence-corrected chi connectivity index (χ0v) is 8.92. The molecule has 0 amide bonds. The van der Waals surface area contributed by atoms with Crippen molar-refractivity contribution >= 4 is 0 Å². The second-order valence-electron chi connectivity index (χ2n) is 4.24. The Morgan fingerprint density at radius 2 is 1.94 bits per heavy atom. The third-order valence-corrected chi connectivity index (χ3v) is 2.72. The van der Waals surface area contributed by atoms with Crippen molar-refractivity contribution in [2.45, 2.75) is 31.4 Å². The van der Waals surface area contributed by atoms with E-state index in [0.29, 0.717) is 12.6 Å². The molecular weight excluding hydrogens is 212 g/mol. The molecule has 1 atom stereocenters. The van der Waals surface area contributed by atoms with Crippen LogP contribution < -0.4 is 5.32 Å². The number of halogens is 2. The van der Waals surface area contributed by atoms with Gasteiger partial charge in [-0.05, 0) is 25.0 Å². The standard InChI is InChI=1S/C12H15F2NO/c13-11-2-1-3-12(14)10(11)6-9(16)7-15-8-4-5-8/h1-3,8-9,15-16H,4-7H2. The average molecular weight is 227 g/mol. The molecule has 1 aromatic rings. The van der Waals surface area contributed by atoms with Crippen LogP contribution in [0.1, 0.15) is 18.4 Å². The van der Waals surface area contributed by atoms with E-state index in [2.05, 4.69) is 5.32 Å². The lowest BCUT2D eigenvalue weighted by atomic mass is 10.1. The van der Waals surface area contributed by atoms with Crippen molar-refractivity contribution in [3.8, 4) is 0 Å². The van der Waals surface area contributed by atoms with E-state index >= 15 is 0 Å². The lowest BCUT2D eigenvalue weighted by Gasteiger charge is -2.12. The van der Waals surface area contributed by atoms with Gasteiger partial charge >= 0.3 is 0 Å². The zero-order valence-electron chi connectivity index (χ0n) is 8.92. The zero-order chi connectivity index (χ0) is 11.5. The Kier molecular flexibility index (Phi) is 3.51. The molecule has 2 N–H and O–H groups in total. The number of benzene rings is 1. The van der Waals surface area contributed by atoms with Gasteiger partial charge in [0.1, 0.15) is 11.6 Å². The number of aliphatic hydroxyl groups excluding tert-OH is 1. The Balaban J connectivity index is 1.91. The monoisotopic (exact) mass is 227 g/mol. The van der Waals surface area contributed by atoms with Crippen LogP contribution in [0.15, 0.2) is 18.2 Å². The fourth-order valence-corrected chi connectivity index (χ4v) is 1.63. The topological polar surface area (TPSA) is 32.3 Å². The first-order valence-corrected chi connectivity index (χ1v) is 5.51. The van der Waals surface area contributed by atoms with Crippen LogP contribution in [-0.4, -0.2) is 23.8 Å². The van der Waals surface area contributed by atoms with Gasteiger partial charge in [-0.1, -0.05) is 6.07 Å². The summed E-state index contributed by atoms with van der Waals surface area (Å²) in [5, 5.41) is 12.8. The van der Waals surface area contributed by atoms with Gasteiger partial charge < -0.3 is 10.4 Å². The van der Waals surface area contributed by atoms with Crippen molar-refractivity contribution in [1.29, 1.82) is 0 Å². The van der Waals surface area contributed by atoms with E-state index in [9.17, 15) is 13.9 Å². The summed E-state index contributed by atoms with van der Waals surface area (Å²) in [4.78, 5) is 0. The molecule has 1 unspecified atom stereocenters. The Morgan fingerprint density at radius 3 is 2.50 bits per heavy atom. The molecule has 16 heavy (non-hydrogen) atoms. The average Bonchev–Trinajstić information content (AvgIpc) is 3.04. The van der Waals surface area contributed by atoms with Gasteiger partial charge in [-0.25, -0.2) is 8.78 Å². The molecular formula is C12H15F2NO. The number of hydrogen-bond donors (Lipinski definition) is 2. The van der Waals surface area contributed by atoms with E-state index in [4.69, 9.17) is 0 Å². The minimum Gasteiger partial charge on any atom is -0.391 e. The minimum atomic E-state index is -0.744. The highest BCUT2D eigenvalue weighted by molar-refractivity contribution is 5.20. The predicted octanol–water partition coefficient (Wildman–Crippen LogP) is 1.62. The van der Waals surface area contributed by atoms with Crippen molar-refractivity contribution in [2.24, 2.45) is 0 Å². The molecule has 1 saturated carbocycles. The fraction of sp³-hybridized carbons (Fsp3) is 0.500. The first-order chi connectivity index (χ1) is 7.66. The Morgan fingerprint density at radius 1 is 1.31 bits per heavy atom. The van der Waals surface area contributed by atoms with E-state index in [0.717, 1.165) is 12.8 Å². The molecule has 0 aromatic heterocycles. The maximum Gasteiger partial charge on any atom is 0.129 e. The van der Waals surface area contributed by atoms with Crippen LogP contribution in [-0.2, 0) is 6.42 Å². The molecule has 4 heteroatoms. The highest BCUT2D eigenvalue weighted by Gasteiger charge is 2.22. The van der Waals surface area contributed by atoms with Crippen LogP contribution in [0.2, 0.25) is 0 Å². The molecule has 1 aliphatic carbocycles. The Labute approximate surface area is 93.3 Å². The summed E-state index contributed by atoms with van der Waals surface area (Å²) in [6, 6.07) is 4.22. The van der Waals surface area contributed by atoms with Crippen molar-refractivity contribution in [3.63, 3.8) is 0 Å². The number of nitrogens with one attached hydrogen (secondary N) is 1. The summed E-state index contributed by atoms with van der Waals surface area (Å²) < 4.78 is 26.5. The number of hydrogen-bond acceptors (Lipinski definition) is 2. The van der Waals surface area contributed by atoms with E-state index in [1.165, 1.54) is 18.2 Å². The van der Waals surface area contributed by atoms with Crippen molar-refractivity contribution in [1.82, 2.24) is 5.32 Å². The molecule has 2 nitrogen and oxygen atoms in total. The van der Waals surface area contributed by atoms with Gasteiger partial charge in [-0.15, -0.1) is 0 Å². The van der Waals surface area contributed by atoms with Gasteiger partial charge in [0.15, 0.2) is 0 Å². The van der Waals surface area contributed by atoms with Crippen LogP contribution in [0.3, 0.4) is 0 Å². The second kappa shape index (κ2) is 4.89. The van der Waals surface area contributed by atoms with Crippen molar-refractivity contribution < 1.29 is 13.9 Å². The maximum absolute atomic E-state index is 13.3. The Hall–Kier alpha value is -1.00. The number of rotatable bonds is 5. The van der Waals surface area contributed by atoms with E-state index < -0.39 is 17.7 Å². The summed E-state index contributed by atoms with van der Waals surface area (Å²) >= 11 is 0. The second-order valence-corrected chi connectivity index (χ2v) is 4.24. The van der Waals surface area contributed by atoms with E-state index in [1.807, 2.05) is 0 Å². The largest absolute Gasteiger partial charge is 0.391 e. The van der Waals surface area contributed by atoms with Gasteiger partial charge in [0.05, 0.1) is 6.10 Å². The van der Waals surface area contributed by atoms with Crippen molar-refractivity contribution in [3.05, 3.63) is 35.4 Å². The fourth-order valence-electron chi connectivity index (χ4n) is 1.63. The first kappa shape index (κ1) is 11.5. The van der Waals surface area contributed by atoms with Crippen LogP contribution in [0.5, 0.6) is 0 Å². The van der Waals surface area contributed by atoms with E-state index in [1.54, 1.807) is 0 Å². The SMILES string of the molecule is OC(CNC1CC1)Cc1c(F)cccc1F. The summed E-state index contributed by atoms with van der Waals surface area (Å²) in [5.41, 5.74) is -0.0346. The van der Waals surface area contributed by atoms with E-state index in [-0.39, 0.29) is 12.0 Å². The molecule has 1 fully saturated rings. The van der Waals surface area contributed by atoms with Gasteiger partial charge in [-0.3, -0.25) is 0 Å². The van der Waals surface area contributed by atoms with Crippen LogP contribution in [0, 0.1) is 11.6 Å². The Bertz CT molecular complexity index is 346.